The van der Waals surface area contributed by atoms with Gasteiger partial charge in [-0.3, -0.25) is 0 Å². The van der Waals surface area contributed by atoms with Crippen molar-refractivity contribution in [1.82, 2.24) is 0 Å². The summed E-state index contributed by atoms with van der Waals surface area (Å²) in [7, 11) is 1.35. The SMILES string of the molecule is CO[C@@H]1OC(COC(=O)c2ccccc2)[C@H](Cl)C(OC(=O)c2ccccc2)C1OC(=O)c1ccccc1. The second-order valence-electron chi connectivity index (χ2n) is 8.16. The summed E-state index contributed by atoms with van der Waals surface area (Å²) in [5.74, 6) is -1.92. The van der Waals surface area contributed by atoms with Crippen LogP contribution < -0.4 is 0 Å². The zero-order chi connectivity index (χ0) is 26.2. The highest BCUT2D eigenvalue weighted by atomic mass is 35.5. The summed E-state index contributed by atoms with van der Waals surface area (Å²) in [6.45, 7) is -0.250. The van der Waals surface area contributed by atoms with Gasteiger partial charge >= 0.3 is 17.9 Å². The molecule has 9 heteroatoms. The molecule has 5 atom stereocenters. The number of benzene rings is 3. The fourth-order valence-corrected chi connectivity index (χ4v) is 4.12. The first kappa shape index (κ1) is 26.3. The molecule has 0 N–H and O–H groups in total. The number of methoxy groups -OCH3 is 1. The Balaban J connectivity index is 1.55. The van der Waals surface area contributed by atoms with Crippen LogP contribution in [0.15, 0.2) is 91.0 Å². The molecule has 3 unspecified atom stereocenters. The molecule has 1 saturated heterocycles. The Kier molecular flexibility index (Phi) is 8.90. The van der Waals surface area contributed by atoms with Gasteiger partial charge in [0.15, 0.2) is 18.5 Å². The summed E-state index contributed by atoms with van der Waals surface area (Å²) >= 11 is 6.72. The maximum absolute atomic E-state index is 12.9. The molecule has 3 aromatic rings. The predicted molar refractivity (Wildman–Crippen MR) is 133 cm³/mol. The molecule has 0 aliphatic carbocycles. The van der Waals surface area contributed by atoms with Crippen molar-refractivity contribution in [1.29, 1.82) is 0 Å². The number of carbonyl (C=O) groups is 3. The van der Waals surface area contributed by atoms with Gasteiger partial charge in [0.2, 0.25) is 0 Å². The van der Waals surface area contributed by atoms with E-state index >= 15 is 0 Å². The van der Waals surface area contributed by atoms with Crippen molar-refractivity contribution < 1.29 is 38.1 Å². The van der Waals surface area contributed by atoms with Crippen molar-refractivity contribution in [3.8, 4) is 0 Å². The molecule has 0 bridgehead atoms. The van der Waals surface area contributed by atoms with Gasteiger partial charge in [0.05, 0.1) is 16.7 Å². The third kappa shape index (κ3) is 6.54. The molecular weight excluding hydrogens is 500 g/mol. The zero-order valence-electron chi connectivity index (χ0n) is 19.9. The van der Waals surface area contributed by atoms with Crippen LogP contribution in [0, 0.1) is 0 Å². The minimum Gasteiger partial charge on any atom is -0.459 e. The highest BCUT2D eigenvalue weighted by Crippen LogP contribution is 2.31. The van der Waals surface area contributed by atoms with Crippen LogP contribution in [0.25, 0.3) is 0 Å². The molecule has 1 heterocycles. The summed E-state index contributed by atoms with van der Waals surface area (Å²) in [6, 6.07) is 25.1. The van der Waals surface area contributed by atoms with Crippen molar-refractivity contribution in [2.75, 3.05) is 13.7 Å². The molecule has 1 aliphatic rings. The molecule has 0 spiro atoms. The number of alkyl halides is 1. The smallest absolute Gasteiger partial charge is 0.338 e. The van der Waals surface area contributed by atoms with Crippen molar-refractivity contribution >= 4 is 29.5 Å². The quantitative estimate of drug-likeness (QED) is 0.245. The van der Waals surface area contributed by atoms with Crippen LogP contribution in [0.4, 0.5) is 0 Å². The fourth-order valence-electron chi connectivity index (χ4n) is 3.80. The second kappa shape index (κ2) is 12.5. The lowest BCUT2D eigenvalue weighted by Gasteiger charge is -2.42. The van der Waals surface area contributed by atoms with E-state index in [4.69, 9.17) is 35.3 Å². The minimum atomic E-state index is -1.20. The molecule has 192 valence electrons. The van der Waals surface area contributed by atoms with Crippen molar-refractivity contribution in [2.24, 2.45) is 0 Å². The first-order valence-corrected chi connectivity index (χ1v) is 12.0. The van der Waals surface area contributed by atoms with Gasteiger partial charge in [0, 0.05) is 7.11 Å². The second-order valence-corrected chi connectivity index (χ2v) is 8.66. The summed E-state index contributed by atoms with van der Waals surface area (Å²) < 4.78 is 28.2. The van der Waals surface area contributed by atoms with Gasteiger partial charge in [-0.2, -0.15) is 0 Å². The van der Waals surface area contributed by atoms with Crippen molar-refractivity contribution in [3.63, 3.8) is 0 Å². The Hall–Kier alpha value is -3.72. The van der Waals surface area contributed by atoms with E-state index in [1.807, 2.05) is 0 Å². The Morgan fingerprint density at radius 3 is 1.59 bits per heavy atom. The molecule has 1 aliphatic heterocycles. The minimum absolute atomic E-state index is 0.250. The number of hydrogen-bond donors (Lipinski definition) is 0. The lowest BCUT2D eigenvalue weighted by atomic mass is 10.0. The van der Waals surface area contributed by atoms with E-state index < -0.39 is 47.9 Å². The summed E-state index contributed by atoms with van der Waals surface area (Å²) in [5.41, 5.74) is 0.928. The van der Waals surface area contributed by atoms with Gasteiger partial charge < -0.3 is 23.7 Å². The maximum Gasteiger partial charge on any atom is 0.338 e. The summed E-state index contributed by atoms with van der Waals surface area (Å²) in [6.07, 6.45) is -4.47. The normalized spacial score (nSPS) is 23.0. The molecule has 37 heavy (non-hydrogen) atoms. The van der Waals surface area contributed by atoms with Gasteiger partial charge in [-0.05, 0) is 36.4 Å². The standard InChI is InChI=1S/C28H25ClO8/c1-33-28-24(37-27(32)20-15-9-4-10-16-20)23(36-26(31)19-13-7-3-8-14-19)22(29)21(35-28)17-34-25(30)18-11-5-2-6-12-18/h2-16,21-24,28H,17H2,1H3/t21?,22-,23?,24?,28+/m0/s1. The van der Waals surface area contributed by atoms with Crippen LogP contribution in [0.2, 0.25) is 0 Å². The molecule has 0 aromatic heterocycles. The summed E-state index contributed by atoms with van der Waals surface area (Å²) in [5, 5.41) is -1.05. The van der Waals surface area contributed by atoms with Crippen molar-refractivity contribution in [2.45, 2.75) is 30.0 Å². The molecule has 0 saturated carbocycles. The molecule has 1 fully saturated rings. The highest BCUT2D eigenvalue weighted by molar-refractivity contribution is 6.21. The van der Waals surface area contributed by atoms with E-state index in [0.29, 0.717) is 5.56 Å². The van der Waals surface area contributed by atoms with Crippen LogP contribution in [-0.4, -0.2) is 61.6 Å². The zero-order valence-corrected chi connectivity index (χ0v) is 20.7. The lowest BCUT2D eigenvalue weighted by molar-refractivity contribution is -0.259. The Labute approximate surface area is 219 Å². The first-order chi connectivity index (χ1) is 18.0. The first-order valence-electron chi connectivity index (χ1n) is 11.5. The molecular formula is C28H25ClO8. The fraction of sp³-hybridized carbons (Fsp3) is 0.250. The predicted octanol–water partition coefficient (Wildman–Crippen LogP) is 4.27. The van der Waals surface area contributed by atoms with E-state index in [0.717, 1.165) is 0 Å². The van der Waals surface area contributed by atoms with Gasteiger partial charge in [0.25, 0.3) is 0 Å². The summed E-state index contributed by atoms with van der Waals surface area (Å²) in [4.78, 5) is 38.2. The number of ether oxygens (including phenoxy) is 5. The number of carbonyl (C=O) groups excluding carboxylic acids is 3. The van der Waals surface area contributed by atoms with E-state index in [-0.39, 0.29) is 17.7 Å². The Bertz CT molecular complexity index is 1190. The van der Waals surface area contributed by atoms with Crippen molar-refractivity contribution in [3.05, 3.63) is 108 Å². The number of hydrogen-bond acceptors (Lipinski definition) is 8. The van der Waals surface area contributed by atoms with E-state index in [9.17, 15) is 14.4 Å². The molecule has 3 aromatic carbocycles. The average Bonchev–Trinajstić information content (AvgIpc) is 2.95. The molecule has 0 amide bonds. The molecule has 4 rings (SSSR count). The number of halogens is 1. The molecule has 0 radical (unpaired) electrons. The highest BCUT2D eigenvalue weighted by Gasteiger charge is 2.50. The van der Waals surface area contributed by atoms with Gasteiger partial charge in [-0.1, -0.05) is 54.6 Å². The van der Waals surface area contributed by atoms with Gasteiger partial charge in [0.1, 0.15) is 18.1 Å². The van der Waals surface area contributed by atoms with Crippen LogP contribution in [0.3, 0.4) is 0 Å². The van der Waals surface area contributed by atoms with E-state index in [1.54, 1.807) is 91.0 Å². The van der Waals surface area contributed by atoms with Gasteiger partial charge in [-0.15, -0.1) is 11.6 Å². The third-order valence-electron chi connectivity index (χ3n) is 5.70. The molecule has 8 nitrogen and oxygen atoms in total. The van der Waals surface area contributed by atoms with E-state index in [1.165, 1.54) is 7.11 Å². The van der Waals surface area contributed by atoms with Crippen LogP contribution in [0.5, 0.6) is 0 Å². The Morgan fingerprint density at radius 1 is 0.703 bits per heavy atom. The van der Waals surface area contributed by atoms with Gasteiger partial charge in [-0.25, -0.2) is 14.4 Å². The number of esters is 3. The largest absolute Gasteiger partial charge is 0.459 e. The monoisotopic (exact) mass is 524 g/mol. The maximum atomic E-state index is 12.9. The Morgan fingerprint density at radius 2 is 1.14 bits per heavy atom. The van der Waals surface area contributed by atoms with Crippen LogP contribution in [0.1, 0.15) is 31.1 Å². The lowest BCUT2D eigenvalue weighted by Crippen LogP contribution is -2.60. The third-order valence-corrected chi connectivity index (χ3v) is 6.23. The average molecular weight is 525 g/mol. The van der Waals surface area contributed by atoms with E-state index in [2.05, 4.69) is 0 Å². The van der Waals surface area contributed by atoms with Crippen LogP contribution in [-0.2, 0) is 23.7 Å². The topological polar surface area (TPSA) is 97.4 Å². The van der Waals surface area contributed by atoms with Crippen LogP contribution >= 0.6 is 11.6 Å². The number of rotatable bonds is 8.